The SMILES string of the molecule is C[C@H](CCCCNC(=O)OC(C)(C)C)c1nc(Cc2ccccc2)no1. The van der Waals surface area contributed by atoms with Gasteiger partial charge in [0.1, 0.15) is 5.60 Å². The topological polar surface area (TPSA) is 77.2 Å². The molecule has 0 spiro atoms. The van der Waals surface area contributed by atoms with Crippen LogP contribution in [0.3, 0.4) is 0 Å². The van der Waals surface area contributed by atoms with E-state index in [1.54, 1.807) is 0 Å². The van der Waals surface area contributed by atoms with Crippen LogP contribution in [0.2, 0.25) is 0 Å². The highest BCUT2D eigenvalue weighted by Gasteiger charge is 2.16. The Morgan fingerprint density at radius 3 is 2.65 bits per heavy atom. The molecule has 0 aliphatic carbocycles. The van der Waals surface area contributed by atoms with Gasteiger partial charge in [0.15, 0.2) is 5.82 Å². The maximum Gasteiger partial charge on any atom is 0.407 e. The Balaban J connectivity index is 1.67. The quantitative estimate of drug-likeness (QED) is 0.704. The average Bonchev–Trinajstić information content (AvgIpc) is 3.02. The monoisotopic (exact) mass is 359 g/mol. The third-order valence-corrected chi connectivity index (χ3v) is 3.84. The number of amides is 1. The second-order valence-electron chi connectivity index (χ2n) is 7.54. The number of alkyl carbamates (subject to hydrolysis) is 1. The summed E-state index contributed by atoms with van der Waals surface area (Å²) in [6.07, 6.45) is 3.09. The number of ether oxygens (including phenoxy) is 1. The fourth-order valence-electron chi connectivity index (χ4n) is 2.52. The molecule has 2 aromatic rings. The summed E-state index contributed by atoms with van der Waals surface area (Å²) < 4.78 is 10.6. The number of unbranched alkanes of at least 4 members (excludes halogenated alkanes) is 1. The fourth-order valence-corrected chi connectivity index (χ4v) is 2.52. The highest BCUT2D eigenvalue weighted by molar-refractivity contribution is 5.67. The van der Waals surface area contributed by atoms with E-state index < -0.39 is 5.60 Å². The van der Waals surface area contributed by atoms with Crippen LogP contribution >= 0.6 is 0 Å². The van der Waals surface area contributed by atoms with E-state index in [1.165, 1.54) is 5.56 Å². The predicted molar refractivity (Wildman–Crippen MR) is 100 cm³/mol. The first-order valence-corrected chi connectivity index (χ1v) is 9.17. The predicted octanol–water partition coefficient (Wildman–Crippen LogP) is 4.46. The number of hydrogen-bond donors (Lipinski definition) is 1. The lowest BCUT2D eigenvalue weighted by Gasteiger charge is -2.19. The highest BCUT2D eigenvalue weighted by atomic mass is 16.6. The van der Waals surface area contributed by atoms with Crippen LogP contribution in [-0.2, 0) is 11.2 Å². The molecule has 0 radical (unpaired) electrons. The number of hydrogen-bond acceptors (Lipinski definition) is 5. The summed E-state index contributed by atoms with van der Waals surface area (Å²) in [5.74, 6) is 1.59. The van der Waals surface area contributed by atoms with Crippen molar-refractivity contribution in [2.75, 3.05) is 6.54 Å². The summed E-state index contributed by atoms with van der Waals surface area (Å²) >= 11 is 0. The third-order valence-electron chi connectivity index (χ3n) is 3.84. The molecule has 0 aliphatic rings. The summed E-state index contributed by atoms with van der Waals surface area (Å²) in [7, 11) is 0. The third kappa shape index (κ3) is 7.25. The molecule has 0 saturated heterocycles. The molecule has 2 rings (SSSR count). The highest BCUT2D eigenvalue weighted by Crippen LogP contribution is 2.20. The Bertz CT molecular complexity index is 677. The van der Waals surface area contributed by atoms with Crippen molar-refractivity contribution < 1.29 is 14.1 Å². The molecule has 1 aromatic carbocycles. The second-order valence-corrected chi connectivity index (χ2v) is 7.54. The van der Waals surface area contributed by atoms with Crippen molar-refractivity contribution in [1.82, 2.24) is 15.5 Å². The van der Waals surface area contributed by atoms with Crippen molar-refractivity contribution in [2.24, 2.45) is 0 Å². The van der Waals surface area contributed by atoms with E-state index in [1.807, 2.05) is 39.0 Å². The number of benzene rings is 1. The molecule has 6 nitrogen and oxygen atoms in total. The molecule has 0 fully saturated rings. The molecule has 1 atom stereocenters. The minimum absolute atomic E-state index is 0.202. The van der Waals surface area contributed by atoms with E-state index in [9.17, 15) is 4.79 Å². The van der Waals surface area contributed by atoms with Crippen molar-refractivity contribution in [2.45, 2.75) is 64.9 Å². The van der Waals surface area contributed by atoms with Gasteiger partial charge in [0.05, 0.1) is 0 Å². The zero-order valence-corrected chi connectivity index (χ0v) is 16.1. The van der Waals surface area contributed by atoms with E-state index in [4.69, 9.17) is 9.26 Å². The fraction of sp³-hybridized carbons (Fsp3) is 0.550. The van der Waals surface area contributed by atoms with Gasteiger partial charge < -0.3 is 14.6 Å². The number of rotatable bonds is 8. The summed E-state index contributed by atoms with van der Waals surface area (Å²) in [5, 5.41) is 6.85. The van der Waals surface area contributed by atoms with E-state index in [2.05, 4.69) is 34.5 Å². The Morgan fingerprint density at radius 1 is 1.23 bits per heavy atom. The van der Waals surface area contributed by atoms with Crippen LogP contribution in [0, 0.1) is 0 Å². The smallest absolute Gasteiger partial charge is 0.407 e. The molecular formula is C20H29N3O3. The summed E-state index contributed by atoms with van der Waals surface area (Å²) in [5.41, 5.74) is 0.703. The standard InChI is InChI=1S/C20H29N3O3/c1-15(10-8-9-13-21-19(24)25-20(2,3)4)18-22-17(23-26-18)14-16-11-6-5-7-12-16/h5-7,11-12,15H,8-10,13-14H2,1-4H3,(H,21,24)/t15-/m1/s1. The van der Waals surface area contributed by atoms with Gasteiger partial charge in [-0.25, -0.2) is 4.79 Å². The lowest BCUT2D eigenvalue weighted by Crippen LogP contribution is -2.33. The summed E-state index contributed by atoms with van der Waals surface area (Å²) in [6.45, 7) is 8.24. The maximum absolute atomic E-state index is 11.6. The molecule has 0 unspecified atom stereocenters. The molecule has 6 heteroatoms. The molecule has 1 amide bonds. The molecule has 0 aliphatic heterocycles. The van der Waals surface area contributed by atoms with Gasteiger partial charge in [-0.3, -0.25) is 0 Å². The average molecular weight is 359 g/mol. The van der Waals surface area contributed by atoms with Crippen molar-refractivity contribution >= 4 is 6.09 Å². The van der Waals surface area contributed by atoms with Gasteiger partial charge in [-0.1, -0.05) is 48.8 Å². The normalized spacial score (nSPS) is 12.6. The molecule has 26 heavy (non-hydrogen) atoms. The first-order chi connectivity index (χ1) is 12.3. The Hall–Kier alpha value is -2.37. The van der Waals surface area contributed by atoms with Crippen LogP contribution in [0.1, 0.15) is 70.2 Å². The van der Waals surface area contributed by atoms with E-state index in [-0.39, 0.29) is 12.0 Å². The summed E-state index contributed by atoms with van der Waals surface area (Å²) in [6, 6.07) is 10.1. The molecule has 0 bridgehead atoms. The van der Waals surface area contributed by atoms with Crippen LogP contribution in [-0.4, -0.2) is 28.4 Å². The second kappa shape index (κ2) is 9.36. The maximum atomic E-state index is 11.6. The number of carbonyl (C=O) groups is 1. The van der Waals surface area contributed by atoms with Gasteiger partial charge in [-0.15, -0.1) is 0 Å². The molecular weight excluding hydrogens is 330 g/mol. The minimum atomic E-state index is -0.464. The van der Waals surface area contributed by atoms with E-state index in [0.29, 0.717) is 24.7 Å². The van der Waals surface area contributed by atoms with Crippen LogP contribution in [0.15, 0.2) is 34.9 Å². The zero-order valence-electron chi connectivity index (χ0n) is 16.1. The van der Waals surface area contributed by atoms with Gasteiger partial charge in [0.2, 0.25) is 5.89 Å². The first-order valence-electron chi connectivity index (χ1n) is 9.17. The van der Waals surface area contributed by atoms with Crippen LogP contribution < -0.4 is 5.32 Å². The van der Waals surface area contributed by atoms with Crippen molar-refractivity contribution in [3.8, 4) is 0 Å². The van der Waals surface area contributed by atoms with Crippen LogP contribution in [0.25, 0.3) is 0 Å². The van der Waals surface area contributed by atoms with Gasteiger partial charge >= 0.3 is 6.09 Å². The lowest BCUT2D eigenvalue weighted by molar-refractivity contribution is 0.0527. The first kappa shape index (κ1) is 19.9. The number of aromatic nitrogens is 2. The van der Waals surface area contributed by atoms with Gasteiger partial charge in [0, 0.05) is 18.9 Å². The molecule has 142 valence electrons. The number of nitrogens with zero attached hydrogens (tertiary/aromatic N) is 2. The van der Waals surface area contributed by atoms with E-state index >= 15 is 0 Å². The Labute approximate surface area is 155 Å². The molecule has 1 heterocycles. The zero-order chi connectivity index (χ0) is 19.0. The number of carbonyl (C=O) groups excluding carboxylic acids is 1. The minimum Gasteiger partial charge on any atom is -0.444 e. The molecule has 1 aromatic heterocycles. The van der Waals surface area contributed by atoms with Crippen LogP contribution in [0.4, 0.5) is 4.79 Å². The number of nitrogens with one attached hydrogen (secondary N) is 1. The van der Waals surface area contributed by atoms with Crippen molar-refractivity contribution in [1.29, 1.82) is 0 Å². The lowest BCUT2D eigenvalue weighted by atomic mass is 10.0. The van der Waals surface area contributed by atoms with Crippen molar-refractivity contribution in [3.05, 3.63) is 47.6 Å². The van der Waals surface area contributed by atoms with E-state index in [0.717, 1.165) is 19.3 Å². The molecule has 0 saturated carbocycles. The van der Waals surface area contributed by atoms with Gasteiger partial charge in [-0.2, -0.15) is 4.98 Å². The van der Waals surface area contributed by atoms with Gasteiger partial charge in [-0.05, 0) is 39.2 Å². The molecule has 1 N–H and O–H groups in total. The largest absolute Gasteiger partial charge is 0.444 e. The Morgan fingerprint density at radius 2 is 1.96 bits per heavy atom. The van der Waals surface area contributed by atoms with Crippen LogP contribution in [0.5, 0.6) is 0 Å². The summed E-state index contributed by atoms with van der Waals surface area (Å²) in [4.78, 5) is 16.1. The Kier molecular flexibility index (Phi) is 7.18. The van der Waals surface area contributed by atoms with Crippen molar-refractivity contribution in [3.63, 3.8) is 0 Å². The van der Waals surface area contributed by atoms with Gasteiger partial charge in [0.25, 0.3) is 0 Å².